The molecule has 0 saturated carbocycles. The molecule has 0 heterocycles. The van der Waals surface area contributed by atoms with Gasteiger partial charge in [0.2, 0.25) is 0 Å². The van der Waals surface area contributed by atoms with Crippen LogP contribution in [0.5, 0.6) is 0 Å². The first-order valence-corrected chi connectivity index (χ1v) is 7.00. The number of nitrogens with one attached hydrogen (secondary N) is 1. The average molecular weight is 221 g/mol. The number of sulfone groups is 1. The summed E-state index contributed by atoms with van der Waals surface area (Å²) in [5, 5.41) is 3.20. The number of rotatable bonds is 6. The van der Waals surface area contributed by atoms with E-state index in [-0.39, 0.29) is 0 Å². The molecule has 86 valence electrons. The first-order valence-electron chi connectivity index (χ1n) is 5.11. The summed E-state index contributed by atoms with van der Waals surface area (Å²) < 4.78 is 22.1. The molecule has 0 radical (unpaired) electrons. The quantitative estimate of drug-likeness (QED) is 0.738. The lowest BCUT2D eigenvalue weighted by molar-refractivity contribution is 0.465. The van der Waals surface area contributed by atoms with E-state index < -0.39 is 14.6 Å². The summed E-state index contributed by atoms with van der Waals surface area (Å²) in [6.07, 6.45) is 2.41. The Morgan fingerprint density at radius 3 is 2.21 bits per heavy atom. The minimum Gasteiger partial charge on any atom is -0.315 e. The molecule has 0 saturated heterocycles. The normalized spacial score (nSPS) is 15.5. The van der Waals surface area contributed by atoms with E-state index in [1.165, 1.54) is 6.26 Å². The molecule has 0 fully saturated rings. The third-order valence-electron chi connectivity index (χ3n) is 2.74. The van der Waals surface area contributed by atoms with Crippen LogP contribution in [0, 0.1) is 5.92 Å². The molecule has 1 N–H and O–H groups in total. The predicted octanol–water partition coefficient (Wildman–Crippen LogP) is 1.45. The first kappa shape index (κ1) is 13.9. The van der Waals surface area contributed by atoms with Crippen LogP contribution in [-0.2, 0) is 9.84 Å². The summed E-state index contributed by atoms with van der Waals surface area (Å²) in [7, 11) is -2.97. The summed E-state index contributed by atoms with van der Waals surface area (Å²) in [5.41, 5.74) is 0. The van der Waals surface area contributed by atoms with Crippen molar-refractivity contribution in [2.75, 3.05) is 19.3 Å². The van der Waals surface area contributed by atoms with Crippen LogP contribution >= 0.6 is 0 Å². The van der Waals surface area contributed by atoms with E-state index in [1.54, 1.807) is 13.8 Å². The van der Waals surface area contributed by atoms with Crippen molar-refractivity contribution in [2.45, 2.75) is 38.9 Å². The van der Waals surface area contributed by atoms with Crippen molar-refractivity contribution in [1.29, 1.82) is 0 Å². The fraction of sp³-hybridized carbons (Fsp3) is 1.00. The molecular weight excluding hydrogens is 198 g/mol. The van der Waals surface area contributed by atoms with Gasteiger partial charge in [-0.25, -0.2) is 8.42 Å². The van der Waals surface area contributed by atoms with Crippen LogP contribution in [0.15, 0.2) is 0 Å². The maximum absolute atomic E-state index is 11.4. The monoisotopic (exact) mass is 221 g/mol. The lowest BCUT2D eigenvalue weighted by Crippen LogP contribution is -2.42. The number of hydrogen-bond acceptors (Lipinski definition) is 3. The van der Waals surface area contributed by atoms with Crippen molar-refractivity contribution in [3.05, 3.63) is 0 Å². The molecule has 4 heteroatoms. The minimum atomic E-state index is -2.97. The van der Waals surface area contributed by atoms with Crippen molar-refractivity contribution in [3.63, 3.8) is 0 Å². The van der Waals surface area contributed by atoms with Gasteiger partial charge >= 0.3 is 0 Å². The topological polar surface area (TPSA) is 46.2 Å². The highest BCUT2D eigenvalue weighted by atomic mass is 32.2. The summed E-state index contributed by atoms with van der Waals surface area (Å²) in [6.45, 7) is 9.21. The first-order chi connectivity index (χ1) is 6.20. The van der Waals surface area contributed by atoms with Gasteiger partial charge in [-0.2, -0.15) is 0 Å². The maximum Gasteiger partial charge on any atom is 0.153 e. The van der Waals surface area contributed by atoms with Crippen molar-refractivity contribution in [3.8, 4) is 0 Å². The second-order valence-corrected chi connectivity index (χ2v) is 7.33. The van der Waals surface area contributed by atoms with Gasteiger partial charge in [-0.15, -0.1) is 0 Å². The summed E-state index contributed by atoms with van der Waals surface area (Å²) in [4.78, 5) is 0. The van der Waals surface area contributed by atoms with Crippen molar-refractivity contribution in [2.24, 2.45) is 5.92 Å². The Morgan fingerprint density at radius 1 is 1.36 bits per heavy atom. The van der Waals surface area contributed by atoms with Crippen LogP contribution in [0.25, 0.3) is 0 Å². The van der Waals surface area contributed by atoms with Gasteiger partial charge in [-0.3, -0.25) is 0 Å². The Labute approximate surface area is 88.2 Å². The Kier molecular flexibility index (Phi) is 5.09. The molecule has 0 aliphatic heterocycles. The standard InChI is InChI=1S/C10H23NO2S/c1-6-9(2)7-11-8-10(3,4)14(5,12)13/h9,11H,6-8H2,1-5H3. The van der Waals surface area contributed by atoms with E-state index in [4.69, 9.17) is 0 Å². The van der Waals surface area contributed by atoms with Gasteiger partial charge in [0.15, 0.2) is 9.84 Å². The lowest BCUT2D eigenvalue weighted by Gasteiger charge is -2.23. The molecule has 0 aliphatic carbocycles. The van der Waals surface area contributed by atoms with E-state index in [9.17, 15) is 8.42 Å². The Hall–Kier alpha value is -0.0900. The van der Waals surface area contributed by atoms with Gasteiger partial charge in [0.05, 0.1) is 4.75 Å². The molecule has 0 rings (SSSR count). The van der Waals surface area contributed by atoms with E-state index in [2.05, 4.69) is 19.2 Å². The lowest BCUT2D eigenvalue weighted by atomic mass is 10.1. The molecule has 1 unspecified atom stereocenters. The third-order valence-corrected chi connectivity index (χ3v) is 4.90. The second-order valence-electron chi connectivity index (χ2n) is 4.68. The smallest absolute Gasteiger partial charge is 0.153 e. The fourth-order valence-electron chi connectivity index (χ4n) is 0.895. The Bertz CT molecular complexity index is 257. The molecule has 0 aromatic heterocycles. The fourth-order valence-corrected chi connectivity index (χ4v) is 1.26. The van der Waals surface area contributed by atoms with Gasteiger partial charge in [0.1, 0.15) is 0 Å². The molecule has 0 aliphatic rings. The summed E-state index contributed by atoms with van der Waals surface area (Å²) >= 11 is 0. The van der Waals surface area contributed by atoms with Crippen LogP contribution in [0.4, 0.5) is 0 Å². The molecule has 0 aromatic carbocycles. The van der Waals surface area contributed by atoms with Crippen LogP contribution in [0.2, 0.25) is 0 Å². The zero-order chi connectivity index (χ0) is 11.4. The highest BCUT2D eigenvalue weighted by Gasteiger charge is 2.29. The molecule has 1 atom stereocenters. The van der Waals surface area contributed by atoms with Gasteiger partial charge in [0, 0.05) is 12.8 Å². The SMILES string of the molecule is CCC(C)CNCC(C)(C)S(C)(=O)=O. The largest absolute Gasteiger partial charge is 0.315 e. The Balaban J connectivity index is 4.02. The van der Waals surface area contributed by atoms with Gasteiger partial charge in [0.25, 0.3) is 0 Å². The predicted molar refractivity (Wildman–Crippen MR) is 61.2 cm³/mol. The van der Waals surface area contributed by atoms with E-state index in [1.807, 2.05) is 0 Å². The number of hydrogen-bond donors (Lipinski definition) is 1. The van der Waals surface area contributed by atoms with E-state index in [0.717, 1.165) is 13.0 Å². The molecule has 0 amide bonds. The molecule has 3 nitrogen and oxygen atoms in total. The maximum atomic E-state index is 11.4. The third kappa shape index (κ3) is 4.42. The van der Waals surface area contributed by atoms with Crippen molar-refractivity contribution in [1.82, 2.24) is 5.32 Å². The van der Waals surface area contributed by atoms with E-state index in [0.29, 0.717) is 12.5 Å². The Morgan fingerprint density at radius 2 is 1.86 bits per heavy atom. The van der Waals surface area contributed by atoms with Crippen LogP contribution in [0.3, 0.4) is 0 Å². The highest BCUT2D eigenvalue weighted by Crippen LogP contribution is 2.13. The minimum absolute atomic E-state index is 0.524. The summed E-state index contributed by atoms with van der Waals surface area (Å²) in [5.74, 6) is 0.602. The van der Waals surface area contributed by atoms with Crippen LogP contribution in [0.1, 0.15) is 34.1 Å². The molecule has 0 spiro atoms. The highest BCUT2D eigenvalue weighted by molar-refractivity contribution is 7.92. The van der Waals surface area contributed by atoms with E-state index >= 15 is 0 Å². The molecule has 14 heavy (non-hydrogen) atoms. The van der Waals surface area contributed by atoms with Crippen LogP contribution < -0.4 is 5.32 Å². The molecule has 0 bridgehead atoms. The average Bonchev–Trinajstić information content (AvgIpc) is 2.01. The second kappa shape index (κ2) is 5.12. The van der Waals surface area contributed by atoms with Gasteiger partial charge < -0.3 is 5.32 Å². The van der Waals surface area contributed by atoms with Crippen molar-refractivity contribution < 1.29 is 8.42 Å². The molecule has 0 aromatic rings. The van der Waals surface area contributed by atoms with Gasteiger partial charge in [-0.05, 0) is 26.3 Å². The molecular formula is C10H23NO2S. The summed E-state index contributed by atoms with van der Waals surface area (Å²) in [6, 6.07) is 0. The van der Waals surface area contributed by atoms with Crippen molar-refractivity contribution >= 4 is 9.84 Å². The van der Waals surface area contributed by atoms with Gasteiger partial charge in [-0.1, -0.05) is 20.3 Å². The zero-order valence-corrected chi connectivity index (χ0v) is 10.7. The zero-order valence-electron chi connectivity index (χ0n) is 9.92. The van der Waals surface area contributed by atoms with Crippen LogP contribution in [-0.4, -0.2) is 32.5 Å².